The third kappa shape index (κ3) is 3.49. The molecule has 0 N–H and O–H groups in total. The topological polar surface area (TPSA) is 3.24 Å². The van der Waals surface area contributed by atoms with Crippen molar-refractivity contribution in [2.24, 2.45) is 5.92 Å². The highest BCUT2D eigenvalue weighted by Crippen LogP contribution is 2.20. The van der Waals surface area contributed by atoms with E-state index >= 15 is 0 Å². The Morgan fingerprint density at radius 1 is 1.29 bits per heavy atom. The third-order valence-electron chi connectivity index (χ3n) is 3.21. The molecule has 0 aliphatic carbocycles. The van der Waals surface area contributed by atoms with E-state index < -0.39 is 11.6 Å². The van der Waals surface area contributed by atoms with Crippen LogP contribution >= 0.6 is 15.9 Å². The summed E-state index contributed by atoms with van der Waals surface area (Å²) in [6.07, 6.45) is 2.43. The van der Waals surface area contributed by atoms with Gasteiger partial charge >= 0.3 is 0 Å². The number of alkyl halides is 1. The van der Waals surface area contributed by atoms with Gasteiger partial charge in [-0.1, -0.05) is 22.0 Å². The average molecular weight is 304 g/mol. The Kier molecular flexibility index (Phi) is 4.51. The first-order valence-electron chi connectivity index (χ1n) is 5.91. The first-order valence-corrected chi connectivity index (χ1v) is 7.03. The van der Waals surface area contributed by atoms with Crippen molar-refractivity contribution in [2.75, 3.05) is 18.4 Å². The highest BCUT2D eigenvalue weighted by molar-refractivity contribution is 9.09. The summed E-state index contributed by atoms with van der Waals surface area (Å²) >= 11 is 3.51. The molecule has 1 aromatic rings. The summed E-state index contributed by atoms with van der Waals surface area (Å²) in [6.45, 7) is 2.79. The molecule has 0 amide bonds. The zero-order valence-corrected chi connectivity index (χ0v) is 11.2. The molecule has 94 valence electrons. The Bertz CT molecular complexity index is 384. The molecule has 0 saturated carbocycles. The Hall–Kier alpha value is -0.480. The maximum atomic E-state index is 13.1. The summed E-state index contributed by atoms with van der Waals surface area (Å²) in [5.41, 5.74) is 0.846. The maximum absolute atomic E-state index is 13.1. The molecule has 17 heavy (non-hydrogen) atoms. The van der Waals surface area contributed by atoms with Gasteiger partial charge in [-0.15, -0.1) is 0 Å². The summed E-state index contributed by atoms with van der Waals surface area (Å²) in [5.74, 6) is -0.851. The number of piperidine rings is 1. The van der Waals surface area contributed by atoms with Crippen molar-refractivity contribution in [3.63, 3.8) is 0 Å². The number of likely N-dealkylation sites (tertiary alicyclic amines) is 1. The molecule has 1 heterocycles. The lowest BCUT2D eigenvalue weighted by atomic mass is 10.00. The normalized spacial score (nSPS) is 21.7. The molecule has 1 fully saturated rings. The molecule has 1 aromatic carbocycles. The molecule has 0 aromatic heterocycles. The van der Waals surface area contributed by atoms with Crippen LogP contribution in [-0.4, -0.2) is 23.3 Å². The Balaban J connectivity index is 1.97. The van der Waals surface area contributed by atoms with Crippen LogP contribution in [0.2, 0.25) is 0 Å². The van der Waals surface area contributed by atoms with Gasteiger partial charge in [0.05, 0.1) is 0 Å². The zero-order chi connectivity index (χ0) is 12.3. The molecule has 1 atom stereocenters. The van der Waals surface area contributed by atoms with Crippen LogP contribution in [0.3, 0.4) is 0 Å². The summed E-state index contributed by atoms with van der Waals surface area (Å²) in [7, 11) is 0. The van der Waals surface area contributed by atoms with E-state index in [-0.39, 0.29) is 0 Å². The van der Waals surface area contributed by atoms with Gasteiger partial charge in [0.25, 0.3) is 0 Å². The molecule has 2 rings (SSSR count). The minimum absolute atomic E-state index is 0.675. The summed E-state index contributed by atoms with van der Waals surface area (Å²) < 4.78 is 25.9. The van der Waals surface area contributed by atoms with Crippen LogP contribution < -0.4 is 0 Å². The molecule has 1 unspecified atom stereocenters. The standard InChI is InChI=1S/C13H16BrF2N/c14-7-11-2-1-5-17(9-11)8-10-3-4-12(15)13(16)6-10/h3-4,6,11H,1-2,5,7-9H2. The number of benzene rings is 1. The van der Waals surface area contributed by atoms with Gasteiger partial charge in [-0.25, -0.2) is 8.78 Å². The predicted molar refractivity (Wildman–Crippen MR) is 68.2 cm³/mol. The van der Waals surface area contributed by atoms with Crippen molar-refractivity contribution in [1.82, 2.24) is 4.90 Å². The second kappa shape index (κ2) is 5.91. The molecule has 0 spiro atoms. The van der Waals surface area contributed by atoms with E-state index in [1.54, 1.807) is 6.07 Å². The number of hydrogen-bond acceptors (Lipinski definition) is 1. The minimum Gasteiger partial charge on any atom is -0.299 e. The van der Waals surface area contributed by atoms with Gasteiger partial charge in [-0.2, -0.15) is 0 Å². The van der Waals surface area contributed by atoms with Crippen LogP contribution in [0.5, 0.6) is 0 Å². The summed E-state index contributed by atoms with van der Waals surface area (Å²) in [4.78, 5) is 2.31. The number of nitrogens with zero attached hydrogens (tertiary/aromatic N) is 1. The first-order chi connectivity index (χ1) is 8.19. The van der Waals surface area contributed by atoms with E-state index in [0.29, 0.717) is 12.5 Å². The summed E-state index contributed by atoms with van der Waals surface area (Å²) in [6, 6.07) is 4.17. The molecule has 1 aliphatic rings. The summed E-state index contributed by atoms with van der Waals surface area (Å²) in [5, 5.41) is 1.02. The van der Waals surface area contributed by atoms with E-state index in [1.807, 2.05) is 0 Å². The van der Waals surface area contributed by atoms with E-state index in [2.05, 4.69) is 20.8 Å². The second-order valence-electron chi connectivity index (χ2n) is 4.65. The Morgan fingerprint density at radius 3 is 2.82 bits per heavy atom. The van der Waals surface area contributed by atoms with Crippen LogP contribution in [0.4, 0.5) is 8.78 Å². The SMILES string of the molecule is Fc1ccc(CN2CCCC(CBr)C2)cc1F. The molecule has 0 radical (unpaired) electrons. The minimum atomic E-state index is -0.772. The van der Waals surface area contributed by atoms with Gasteiger partial charge in [-0.3, -0.25) is 4.90 Å². The van der Waals surface area contributed by atoms with Crippen molar-refractivity contribution in [2.45, 2.75) is 19.4 Å². The second-order valence-corrected chi connectivity index (χ2v) is 5.29. The molecule has 1 nitrogen and oxygen atoms in total. The van der Waals surface area contributed by atoms with E-state index in [1.165, 1.54) is 25.0 Å². The fourth-order valence-electron chi connectivity index (χ4n) is 2.32. The quantitative estimate of drug-likeness (QED) is 0.772. The van der Waals surface area contributed by atoms with Crippen LogP contribution in [0.25, 0.3) is 0 Å². The van der Waals surface area contributed by atoms with Crippen LogP contribution in [-0.2, 0) is 6.54 Å². The van der Waals surface area contributed by atoms with Crippen LogP contribution in [0, 0.1) is 17.6 Å². The molecular weight excluding hydrogens is 288 g/mol. The van der Waals surface area contributed by atoms with Crippen LogP contribution in [0.15, 0.2) is 18.2 Å². The monoisotopic (exact) mass is 303 g/mol. The lowest BCUT2D eigenvalue weighted by Gasteiger charge is -2.31. The van der Waals surface area contributed by atoms with Gasteiger partial charge < -0.3 is 0 Å². The average Bonchev–Trinajstić information content (AvgIpc) is 2.34. The Morgan fingerprint density at radius 2 is 2.12 bits per heavy atom. The van der Waals surface area contributed by atoms with Gasteiger partial charge in [-0.05, 0) is 43.0 Å². The van der Waals surface area contributed by atoms with Crippen molar-refractivity contribution < 1.29 is 8.78 Å². The third-order valence-corrected chi connectivity index (χ3v) is 4.13. The van der Waals surface area contributed by atoms with Crippen LogP contribution in [0.1, 0.15) is 18.4 Å². The van der Waals surface area contributed by atoms with Gasteiger partial charge in [0.2, 0.25) is 0 Å². The molecule has 1 aliphatic heterocycles. The fourth-order valence-corrected chi connectivity index (χ4v) is 2.85. The molecule has 4 heteroatoms. The largest absolute Gasteiger partial charge is 0.299 e. The van der Waals surface area contributed by atoms with E-state index in [9.17, 15) is 8.78 Å². The fraction of sp³-hybridized carbons (Fsp3) is 0.538. The Labute approximate surface area is 109 Å². The molecular formula is C13H16BrF2N. The lowest BCUT2D eigenvalue weighted by Crippen LogP contribution is -2.35. The lowest BCUT2D eigenvalue weighted by molar-refractivity contribution is 0.179. The first kappa shape index (κ1) is 13.0. The number of hydrogen-bond donors (Lipinski definition) is 0. The number of rotatable bonds is 3. The number of halogens is 3. The molecule has 1 saturated heterocycles. The van der Waals surface area contributed by atoms with Crippen molar-refractivity contribution in [1.29, 1.82) is 0 Å². The van der Waals surface area contributed by atoms with Crippen molar-refractivity contribution in [3.8, 4) is 0 Å². The predicted octanol–water partition coefficient (Wildman–Crippen LogP) is 3.57. The van der Waals surface area contributed by atoms with Gasteiger partial charge in [0.1, 0.15) is 0 Å². The van der Waals surface area contributed by atoms with Crippen molar-refractivity contribution >= 4 is 15.9 Å². The van der Waals surface area contributed by atoms with Crippen molar-refractivity contribution in [3.05, 3.63) is 35.4 Å². The zero-order valence-electron chi connectivity index (χ0n) is 9.63. The van der Waals surface area contributed by atoms with E-state index in [0.717, 1.165) is 24.0 Å². The van der Waals surface area contributed by atoms with E-state index in [4.69, 9.17) is 0 Å². The highest BCUT2D eigenvalue weighted by atomic mass is 79.9. The van der Waals surface area contributed by atoms with Gasteiger partial charge in [0.15, 0.2) is 11.6 Å². The van der Waals surface area contributed by atoms with Gasteiger partial charge in [0, 0.05) is 18.4 Å². The highest BCUT2D eigenvalue weighted by Gasteiger charge is 2.19. The maximum Gasteiger partial charge on any atom is 0.159 e. The smallest absolute Gasteiger partial charge is 0.159 e. The molecule has 0 bridgehead atoms.